The number of hydrogen-bond donors (Lipinski definition) is 2. The van der Waals surface area contributed by atoms with Crippen molar-refractivity contribution in [2.24, 2.45) is 0 Å². The number of carbonyl (C=O) groups is 1. The summed E-state index contributed by atoms with van der Waals surface area (Å²) >= 11 is 0. The lowest BCUT2D eigenvalue weighted by Gasteiger charge is -2.12. The summed E-state index contributed by atoms with van der Waals surface area (Å²) in [5.41, 5.74) is 0. The molecule has 1 aliphatic heterocycles. The lowest BCUT2D eigenvalue weighted by molar-refractivity contribution is -0.121. The maximum atomic E-state index is 11.5. The second kappa shape index (κ2) is 6.80. The Kier molecular flexibility index (Phi) is 5.65. The van der Waals surface area contributed by atoms with Crippen molar-refractivity contribution in [2.45, 2.75) is 31.7 Å². The Balaban J connectivity index is 1.98. The van der Waals surface area contributed by atoms with Crippen LogP contribution in [0.2, 0.25) is 0 Å². The largest absolute Gasteiger partial charge is 0.356 e. The van der Waals surface area contributed by atoms with Crippen molar-refractivity contribution in [1.82, 2.24) is 15.5 Å². The van der Waals surface area contributed by atoms with E-state index in [0.29, 0.717) is 12.5 Å². The van der Waals surface area contributed by atoms with Gasteiger partial charge in [-0.05, 0) is 46.4 Å². The molecule has 4 heteroatoms. The minimum absolute atomic E-state index is 0.188. The Bertz CT molecular complexity index is 188. The van der Waals surface area contributed by atoms with E-state index in [2.05, 4.69) is 15.5 Å². The third kappa shape index (κ3) is 5.74. The standard InChI is InChI=1S/C11H23N3O/c1-14(2)8-4-7-13-11(15)9-10-5-3-6-12-10/h10,12H,3-9H2,1-2H3,(H,13,15). The second-order valence-corrected chi connectivity index (χ2v) is 4.50. The highest BCUT2D eigenvalue weighted by molar-refractivity contribution is 5.76. The maximum absolute atomic E-state index is 11.5. The summed E-state index contributed by atoms with van der Waals surface area (Å²) in [4.78, 5) is 13.6. The van der Waals surface area contributed by atoms with E-state index in [-0.39, 0.29) is 5.91 Å². The summed E-state index contributed by atoms with van der Waals surface area (Å²) in [6.07, 6.45) is 4.02. The monoisotopic (exact) mass is 213 g/mol. The van der Waals surface area contributed by atoms with Gasteiger partial charge in [0.2, 0.25) is 5.91 Å². The first-order valence-electron chi connectivity index (χ1n) is 5.83. The van der Waals surface area contributed by atoms with Crippen LogP contribution in [0.25, 0.3) is 0 Å². The fourth-order valence-electron chi connectivity index (χ4n) is 1.85. The molecule has 88 valence electrons. The molecule has 1 saturated heterocycles. The molecule has 1 rings (SSSR count). The average molecular weight is 213 g/mol. The van der Waals surface area contributed by atoms with Gasteiger partial charge < -0.3 is 15.5 Å². The summed E-state index contributed by atoms with van der Waals surface area (Å²) < 4.78 is 0. The van der Waals surface area contributed by atoms with Gasteiger partial charge in [0.15, 0.2) is 0 Å². The third-order valence-corrected chi connectivity index (χ3v) is 2.70. The van der Waals surface area contributed by atoms with Gasteiger partial charge in [-0.3, -0.25) is 4.79 Å². The molecule has 1 amide bonds. The number of nitrogens with one attached hydrogen (secondary N) is 2. The first kappa shape index (κ1) is 12.5. The van der Waals surface area contributed by atoms with E-state index in [4.69, 9.17) is 0 Å². The highest BCUT2D eigenvalue weighted by Gasteiger charge is 2.16. The van der Waals surface area contributed by atoms with Crippen LogP contribution in [0.15, 0.2) is 0 Å². The Hall–Kier alpha value is -0.610. The summed E-state index contributed by atoms with van der Waals surface area (Å²) in [5.74, 6) is 0.188. The first-order chi connectivity index (χ1) is 7.18. The third-order valence-electron chi connectivity index (χ3n) is 2.70. The Labute approximate surface area is 92.4 Å². The number of rotatable bonds is 6. The maximum Gasteiger partial charge on any atom is 0.221 e. The van der Waals surface area contributed by atoms with Crippen LogP contribution in [-0.4, -0.2) is 50.6 Å². The Morgan fingerprint density at radius 2 is 2.33 bits per heavy atom. The summed E-state index contributed by atoms with van der Waals surface area (Å²) in [6, 6.07) is 0.416. The second-order valence-electron chi connectivity index (χ2n) is 4.50. The molecule has 0 bridgehead atoms. The SMILES string of the molecule is CN(C)CCCNC(=O)CC1CCCN1. The fraction of sp³-hybridized carbons (Fsp3) is 0.909. The quantitative estimate of drug-likeness (QED) is 0.619. The highest BCUT2D eigenvalue weighted by atomic mass is 16.1. The zero-order valence-electron chi connectivity index (χ0n) is 9.88. The predicted octanol–water partition coefficient (Wildman–Crippen LogP) is 0.196. The van der Waals surface area contributed by atoms with Gasteiger partial charge in [0.05, 0.1) is 0 Å². The van der Waals surface area contributed by atoms with E-state index in [1.54, 1.807) is 0 Å². The summed E-state index contributed by atoms with van der Waals surface area (Å²) in [7, 11) is 4.09. The fourth-order valence-corrected chi connectivity index (χ4v) is 1.85. The van der Waals surface area contributed by atoms with E-state index in [1.165, 1.54) is 6.42 Å². The van der Waals surface area contributed by atoms with E-state index in [0.717, 1.165) is 32.5 Å². The van der Waals surface area contributed by atoms with Gasteiger partial charge in [-0.2, -0.15) is 0 Å². The molecule has 1 heterocycles. The molecular formula is C11H23N3O. The smallest absolute Gasteiger partial charge is 0.221 e. The van der Waals surface area contributed by atoms with E-state index < -0.39 is 0 Å². The molecule has 0 aromatic carbocycles. The van der Waals surface area contributed by atoms with E-state index >= 15 is 0 Å². The molecule has 2 N–H and O–H groups in total. The topological polar surface area (TPSA) is 44.4 Å². The molecule has 0 aromatic rings. The van der Waals surface area contributed by atoms with E-state index in [1.807, 2.05) is 14.1 Å². The first-order valence-corrected chi connectivity index (χ1v) is 5.83. The minimum Gasteiger partial charge on any atom is -0.356 e. The van der Waals surface area contributed by atoms with Crippen LogP contribution in [0.4, 0.5) is 0 Å². The molecule has 0 aromatic heterocycles. The Morgan fingerprint density at radius 3 is 2.93 bits per heavy atom. The van der Waals surface area contributed by atoms with Crippen molar-refractivity contribution >= 4 is 5.91 Å². The van der Waals surface area contributed by atoms with E-state index in [9.17, 15) is 4.79 Å². The molecule has 0 aliphatic carbocycles. The molecule has 0 saturated carbocycles. The summed E-state index contributed by atoms with van der Waals surface area (Å²) in [5, 5.41) is 6.29. The van der Waals surface area contributed by atoms with Gasteiger partial charge in [-0.15, -0.1) is 0 Å². The van der Waals surface area contributed by atoms with Crippen LogP contribution in [0.5, 0.6) is 0 Å². The Morgan fingerprint density at radius 1 is 1.53 bits per heavy atom. The van der Waals surface area contributed by atoms with Crippen LogP contribution < -0.4 is 10.6 Å². The van der Waals surface area contributed by atoms with Crippen LogP contribution in [0, 0.1) is 0 Å². The molecule has 1 unspecified atom stereocenters. The van der Waals surface area contributed by atoms with Crippen LogP contribution in [0.3, 0.4) is 0 Å². The lowest BCUT2D eigenvalue weighted by atomic mass is 10.1. The van der Waals surface area contributed by atoms with Gasteiger partial charge in [0.25, 0.3) is 0 Å². The number of nitrogens with zero attached hydrogens (tertiary/aromatic N) is 1. The van der Waals surface area contributed by atoms with Crippen molar-refractivity contribution in [3.05, 3.63) is 0 Å². The molecular weight excluding hydrogens is 190 g/mol. The number of amides is 1. The molecule has 0 radical (unpaired) electrons. The minimum atomic E-state index is 0.188. The lowest BCUT2D eigenvalue weighted by Crippen LogP contribution is -2.33. The van der Waals surface area contributed by atoms with Crippen LogP contribution in [-0.2, 0) is 4.79 Å². The van der Waals surface area contributed by atoms with Crippen molar-refractivity contribution < 1.29 is 4.79 Å². The van der Waals surface area contributed by atoms with Crippen molar-refractivity contribution in [3.8, 4) is 0 Å². The zero-order valence-corrected chi connectivity index (χ0v) is 9.88. The van der Waals surface area contributed by atoms with Gasteiger partial charge in [0.1, 0.15) is 0 Å². The zero-order chi connectivity index (χ0) is 11.1. The number of carbonyl (C=O) groups excluding carboxylic acids is 1. The average Bonchev–Trinajstić information content (AvgIpc) is 2.64. The molecule has 1 atom stereocenters. The van der Waals surface area contributed by atoms with Crippen molar-refractivity contribution in [2.75, 3.05) is 33.7 Å². The van der Waals surface area contributed by atoms with Crippen molar-refractivity contribution in [1.29, 1.82) is 0 Å². The highest BCUT2D eigenvalue weighted by Crippen LogP contribution is 2.07. The molecule has 15 heavy (non-hydrogen) atoms. The van der Waals surface area contributed by atoms with Crippen molar-refractivity contribution in [3.63, 3.8) is 0 Å². The molecule has 4 nitrogen and oxygen atoms in total. The predicted molar refractivity (Wildman–Crippen MR) is 61.8 cm³/mol. The molecule has 1 aliphatic rings. The van der Waals surface area contributed by atoms with Gasteiger partial charge in [-0.1, -0.05) is 0 Å². The van der Waals surface area contributed by atoms with Crippen LogP contribution in [0.1, 0.15) is 25.7 Å². The normalized spacial score (nSPS) is 20.9. The summed E-state index contributed by atoms with van der Waals surface area (Å²) in [6.45, 7) is 2.89. The van der Waals surface area contributed by atoms with Gasteiger partial charge in [-0.25, -0.2) is 0 Å². The molecule has 0 spiro atoms. The van der Waals surface area contributed by atoms with Crippen LogP contribution >= 0.6 is 0 Å². The van der Waals surface area contributed by atoms with Gasteiger partial charge in [0, 0.05) is 19.0 Å². The molecule has 1 fully saturated rings. The van der Waals surface area contributed by atoms with Gasteiger partial charge >= 0.3 is 0 Å². The number of hydrogen-bond acceptors (Lipinski definition) is 3.